The van der Waals surface area contributed by atoms with Crippen LogP contribution in [-0.4, -0.2) is 27.6 Å². The molecule has 4 heteroatoms. The topological polar surface area (TPSA) is 42.7 Å². The maximum Gasteiger partial charge on any atom is 0.160 e. The predicted molar refractivity (Wildman–Crippen MR) is 79.9 cm³/mol. The SMILES string of the molecule is CCC1(c2nc3cccnc3n2C2CC2)CCCNC1. The Kier molecular flexibility index (Phi) is 2.81. The predicted octanol–water partition coefficient (Wildman–Crippen LogP) is 2.80. The molecule has 0 spiro atoms. The Morgan fingerprint density at radius 2 is 2.35 bits per heavy atom. The molecule has 1 saturated carbocycles. The summed E-state index contributed by atoms with van der Waals surface area (Å²) in [7, 11) is 0. The van der Waals surface area contributed by atoms with Gasteiger partial charge >= 0.3 is 0 Å². The molecule has 2 aromatic rings. The average molecular weight is 270 g/mol. The fourth-order valence-corrected chi connectivity index (χ4v) is 3.60. The van der Waals surface area contributed by atoms with Gasteiger partial charge in [-0.1, -0.05) is 6.92 Å². The molecule has 0 amide bonds. The van der Waals surface area contributed by atoms with Gasteiger partial charge in [-0.15, -0.1) is 0 Å². The van der Waals surface area contributed by atoms with E-state index >= 15 is 0 Å². The zero-order valence-electron chi connectivity index (χ0n) is 12.1. The van der Waals surface area contributed by atoms with Crippen LogP contribution in [0.1, 0.15) is 50.9 Å². The summed E-state index contributed by atoms with van der Waals surface area (Å²) in [4.78, 5) is 9.60. The Hall–Kier alpha value is -1.42. The van der Waals surface area contributed by atoms with Crippen LogP contribution in [0.4, 0.5) is 0 Å². The van der Waals surface area contributed by atoms with Crippen molar-refractivity contribution in [1.82, 2.24) is 19.9 Å². The summed E-state index contributed by atoms with van der Waals surface area (Å²) >= 11 is 0. The summed E-state index contributed by atoms with van der Waals surface area (Å²) in [6, 6.07) is 4.73. The highest BCUT2D eigenvalue weighted by Crippen LogP contribution is 2.43. The van der Waals surface area contributed by atoms with Gasteiger partial charge in [0.05, 0.1) is 0 Å². The van der Waals surface area contributed by atoms with E-state index in [4.69, 9.17) is 4.98 Å². The van der Waals surface area contributed by atoms with E-state index < -0.39 is 0 Å². The lowest BCUT2D eigenvalue weighted by Gasteiger charge is -2.36. The van der Waals surface area contributed by atoms with Gasteiger partial charge in [0.25, 0.3) is 0 Å². The van der Waals surface area contributed by atoms with Crippen molar-refractivity contribution in [1.29, 1.82) is 0 Å². The van der Waals surface area contributed by atoms with E-state index in [-0.39, 0.29) is 5.41 Å². The van der Waals surface area contributed by atoms with Crippen LogP contribution in [0.3, 0.4) is 0 Å². The fourth-order valence-electron chi connectivity index (χ4n) is 3.60. The van der Waals surface area contributed by atoms with Gasteiger partial charge in [-0.2, -0.15) is 0 Å². The van der Waals surface area contributed by atoms with E-state index in [0.29, 0.717) is 6.04 Å². The maximum atomic E-state index is 5.00. The van der Waals surface area contributed by atoms with Crippen LogP contribution >= 0.6 is 0 Å². The molecule has 2 aliphatic rings. The van der Waals surface area contributed by atoms with Crippen LogP contribution in [0.25, 0.3) is 11.2 Å². The van der Waals surface area contributed by atoms with E-state index in [9.17, 15) is 0 Å². The average Bonchev–Trinajstić information content (AvgIpc) is 3.27. The van der Waals surface area contributed by atoms with Crippen molar-refractivity contribution < 1.29 is 0 Å². The van der Waals surface area contributed by atoms with Gasteiger partial charge in [-0.25, -0.2) is 9.97 Å². The largest absolute Gasteiger partial charge is 0.316 e. The van der Waals surface area contributed by atoms with Crippen molar-refractivity contribution in [3.05, 3.63) is 24.2 Å². The van der Waals surface area contributed by atoms with Gasteiger partial charge in [0.15, 0.2) is 5.65 Å². The van der Waals surface area contributed by atoms with E-state index in [2.05, 4.69) is 27.9 Å². The second-order valence-corrected chi connectivity index (χ2v) is 6.30. The summed E-state index contributed by atoms with van der Waals surface area (Å²) in [6.45, 7) is 4.50. The molecule has 0 aromatic carbocycles. The first-order valence-corrected chi connectivity index (χ1v) is 7.88. The van der Waals surface area contributed by atoms with Gasteiger partial charge in [-0.3, -0.25) is 0 Å². The number of aromatic nitrogens is 3. The second kappa shape index (κ2) is 4.55. The van der Waals surface area contributed by atoms with Crippen LogP contribution in [0.2, 0.25) is 0 Å². The number of hydrogen-bond acceptors (Lipinski definition) is 3. The van der Waals surface area contributed by atoms with E-state index in [1.807, 2.05) is 12.3 Å². The van der Waals surface area contributed by atoms with E-state index in [1.165, 1.54) is 31.5 Å². The Balaban J connectivity index is 1.91. The Bertz CT molecular complexity index is 620. The Morgan fingerprint density at radius 3 is 3.05 bits per heavy atom. The molecule has 0 bridgehead atoms. The zero-order valence-corrected chi connectivity index (χ0v) is 12.1. The van der Waals surface area contributed by atoms with Gasteiger partial charge in [-0.05, 0) is 50.8 Å². The quantitative estimate of drug-likeness (QED) is 0.932. The lowest BCUT2D eigenvalue weighted by molar-refractivity contribution is 0.279. The molecular formula is C16H22N4. The summed E-state index contributed by atoms with van der Waals surface area (Å²) in [5.41, 5.74) is 2.35. The first-order valence-electron chi connectivity index (χ1n) is 7.88. The molecular weight excluding hydrogens is 248 g/mol. The third-order valence-corrected chi connectivity index (χ3v) is 4.98. The van der Waals surface area contributed by atoms with Crippen molar-refractivity contribution >= 4 is 11.2 Å². The van der Waals surface area contributed by atoms with Gasteiger partial charge in [0, 0.05) is 24.2 Å². The molecule has 4 nitrogen and oxygen atoms in total. The molecule has 1 unspecified atom stereocenters. The molecule has 4 rings (SSSR count). The van der Waals surface area contributed by atoms with E-state index in [1.54, 1.807) is 0 Å². The number of hydrogen-bond donors (Lipinski definition) is 1. The third-order valence-electron chi connectivity index (χ3n) is 4.98. The highest BCUT2D eigenvalue weighted by Gasteiger charge is 2.40. The summed E-state index contributed by atoms with van der Waals surface area (Å²) in [5, 5.41) is 3.58. The zero-order chi connectivity index (χ0) is 13.6. The molecule has 3 heterocycles. The first kappa shape index (κ1) is 12.3. The van der Waals surface area contributed by atoms with Gasteiger partial charge in [0.2, 0.25) is 0 Å². The third kappa shape index (κ3) is 1.78. The minimum Gasteiger partial charge on any atom is -0.316 e. The lowest BCUT2D eigenvalue weighted by Crippen LogP contribution is -2.44. The van der Waals surface area contributed by atoms with Crippen molar-refractivity contribution in [3.8, 4) is 0 Å². The monoisotopic (exact) mass is 270 g/mol. The number of imidazole rings is 1. The molecule has 1 saturated heterocycles. The van der Waals surface area contributed by atoms with Crippen LogP contribution in [0, 0.1) is 0 Å². The van der Waals surface area contributed by atoms with Crippen LogP contribution in [-0.2, 0) is 5.41 Å². The van der Waals surface area contributed by atoms with Crippen molar-refractivity contribution in [2.45, 2.75) is 50.5 Å². The summed E-state index contributed by atoms with van der Waals surface area (Å²) in [5.74, 6) is 1.28. The number of nitrogens with zero attached hydrogens (tertiary/aromatic N) is 3. The molecule has 2 fully saturated rings. The van der Waals surface area contributed by atoms with Crippen LogP contribution in [0.5, 0.6) is 0 Å². The number of fused-ring (bicyclic) bond motifs is 1. The first-order chi connectivity index (χ1) is 9.84. The van der Waals surface area contributed by atoms with Crippen molar-refractivity contribution in [3.63, 3.8) is 0 Å². The summed E-state index contributed by atoms with van der Waals surface area (Å²) in [6.07, 6.45) is 8.09. The lowest BCUT2D eigenvalue weighted by atomic mass is 9.77. The molecule has 20 heavy (non-hydrogen) atoms. The molecule has 1 N–H and O–H groups in total. The maximum absolute atomic E-state index is 5.00. The van der Waals surface area contributed by atoms with Gasteiger partial charge < -0.3 is 9.88 Å². The summed E-state index contributed by atoms with van der Waals surface area (Å²) < 4.78 is 2.45. The van der Waals surface area contributed by atoms with Crippen LogP contribution < -0.4 is 5.32 Å². The number of nitrogens with one attached hydrogen (secondary N) is 1. The number of pyridine rings is 1. The normalized spacial score (nSPS) is 27.1. The standard InChI is InChI=1S/C16H22N4/c1-2-16(8-4-9-17-11-16)15-19-13-5-3-10-18-14(13)20(15)12-6-7-12/h3,5,10,12,17H,2,4,6-9,11H2,1H3. The number of piperidine rings is 1. The molecule has 2 aromatic heterocycles. The smallest absolute Gasteiger partial charge is 0.160 e. The molecule has 1 aliphatic carbocycles. The fraction of sp³-hybridized carbons (Fsp3) is 0.625. The minimum atomic E-state index is 0.196. The van der Waals surface area contributed by atoms with Crippen molar-refractivity contribution in [2.24, 2.45) is 0 Å². The Morgan fingerprint density at radius 1 is 1.45 bits per heavy atom. The minimum absolute atomic E-state index is 0.196. The van der Waals surface area contributed by atoms with Crippen LogP contribution in [0.15, 0.2) is 18.3 Å². The van der Waals surface area contributed by atoms with Crippen molar-refractivity contribution in [2.75, 3.05) is 13.1 Å². The second-order valence-electron chi connectivity index (χ2n) is 6.30. The highest BCUT2D eigenvalue weighted by molar-refractivity contribution is 5.72. The number of rotatable bonds is 3. The Labute approximate surface area is 119 Å². The van der Waals surface area contributed by atoms with E-state index in [0.717, 1.165) is 30.7 Å². The molecule has 1 aliphatic heterocycles. The highest BCUT2D eigenvalue weighted by atomic mass is 15.2. The van der Waals surface area contributed by atoms with Gasteiger partial charge in [0.1, 0.15) is 11.3 Å². The molecule has 106 valence electrons. The molecule has 0 radical (unpaired) electrons. The molecule has 1 atom stereocenters.